The first kappa shape index (κ1) is 13.7. The Hall–Kier alpha value is -1.22. The van der Waals surface area contributed by atoms with Crippen LogP contribution in [0.4, 0.5) is 0 Å². The maximum Gasteiger partial charge on any atom is 0.242 e. The molecule has 0 amide bonds. The van der Waals surface area contributed by atoms with E-state index in [2.05, 4.69) is 19.9 Å². The predicted molar refractivity (Wildman–Crippen MR) is 73.1 cm³/mol. The van der Waals surface area contributed by atoms with Crippen LogP contribution in [0.15, 0.2) is 17.2 Å². The van der Waals surface area contributed by atoms with Crippen molar-refractivity contribution in [3.63, 3.8) is 0 Å². The second-order valence-corrected chi connectivity index (χ2v) is 6.69. The van der Waals surface area contributed by atoms with Crippen LogP contribution in [0.5, 0.6) is 0 Å². The Bertz CT molecular complexity index is 724. The zero-order valence-corrected chi connectivity index (χ0v) is 12.0. The summed E-state index contributed by atoms with van der Waals surface area (Å²) in [5.74, 6) is 0. The zero-order chi connectivity index (χ0) is 14.2. The van der Waals surface area contributed by atoms with Crippen molar-refractivity contribution in [1.82, 2.24) is 19.9 Å². The number of sulfonamides is 1. The summed E-state index contributed by atoms with van der Waals surface area (Å²) in [5, 5.41) is 8.03. The van der Waals surface area contributed by atoms with Crippen LogP contribution in [0.3, 0.4) is 0 Å². The van der Waals surface area contributed by atoms with Gasteiger partial charge < -0.3 is 9.72 Å². The van der Waals surface area contributed by atoms with E-state index in [0.717, 1.165) is 12.8 Å². The minimum Gasteiger partial charge on any atom is -0.377 e. The highest BCUT2D eigenvalue weighted by Gasteiger charge is 2.23. The van der Waals surface area contributed by atoms with Crippen molar-refractivity contribution in [2.45, 2.75) is 23.8 Å². The van der Waals surface area contributed by atoms with E-state index in [9.17, 15) is 8.42 Å². The van der Waals surface area contributed by atoms with E-state index in [1.165, 1.54) is 12.3 Å². The fraction of sp³-hybridized carbons (Fsp3) is 0.455. The second-order valence-electron chi connectivity index (χ2n) is 4.57. The molecule has 9 heteroatoms. The van der Waals surface area contributed by atoms with Crippen LogP contribution < -0.4 is 4.72 Å². The number of aromatic nitrogens is 3. The molecule has 1 atom stereocenters. The standard InChI is InChI=1S/C11H13ClN4O3S/c12-10-4-8-9(6-13-11(8)16-15-10)20(17,18)14-5-7-2-1-3-19-7/h4,6-7,14H,1-3,5H2,(H,13,16). The highest BCUT2D eigenvalue weighted by molar-refractivity contribution is 7.89. The molecule has 2 aromatic heterocycles. The van der Waals surface area contributed by atoms with Crippen LogP contribution in [-0.2, 0) is 14.8 Å². The topological polar surface area (TPSA) is 97.0 Å². The van der Waals surface area contributed by atoms with Crippen molar-refractivity contribution in [3.05, 3.63) is 17.4 Å². The Kier molecular flexibility index (Phi) is 3.63. The van der Waals surface area contributed by atoms with Gasteiger partial charge in [-0.2, -0.15) is 0 Å². The van der Waals surface area contributed by atoms with E-state index >= 15 is 0 Å². The molecule has 2 aromatic rings. The third-order valence-corrected chi connectivity index (χ3v) is 4.83. The number of nitrogens with one attached hydrogen (secondary N) is 2. The molecule has 1 aliphatic rings. The molecule has 0 aromatic carbocycles. The van der Waals surface area contributed by atoms with E-state index in [0.29, 0.717) is 17.6 Å². The molecule has 0 spiro atoms. The van der Waals surface area contributed by atoms with Crippen molar-refractivity contribution in [2.75, 3.05) is 13.2 Å². The number of halogens is 1. The molecule has 0 bridgehead atoms. The van der Waals surface area contributed by atoms with Gasteiger partial charge in [0, 0.05) is 24.7 Å². The van der Waals surface area contributed by atoms with Crippen molar-refractivity contribution >= 4 is 32.7 Å². The quantitative estimate of drug-likeness (QED) is 0.879. The van der Waals surface area contributed by atoms with Crippen LogP contribution in [0.25, 0.3) is 11.0 Å². The molecular formula is C11H13ClN4O3S. The van der Waals surface area contributed by atoms with Crippen molar-refractivity contribution in [3.8, 4) is 0 Å². The van der Waals surface area contributed by atoms with Crippen molar-refractivity contribution in [1.29, 1.82) is 0 Å². The highest BCUT2D eigenvalue weighted by atomic mass is 35.5. The highest BCUT2D eigenvalue weighted by Crippen LogP contribution is 2.23. The molecule has 3 rings (SSSR count). The minimum absolute atomic E-state index is 0.0571. The molecule has 1 fully saturated rings. The summed E-state index contributed by atoms with van der Waals surface area (Å²) in [4.78, 5) is 2.88. The zero-order valence-electron chi connectivity index (χ0n) is 10.5. The fourth-order valence-electron chi connectivity index (χ4n) is 2.18. The molecule has 108 valence electrons. The van der Waals surface area contributed by atoms with E-state index in [4.69, 9.17) is 16.3 Å². The maximum atomic E-state index is 12.3. The molecule has 3 heterocycles. The normalized spacial score (nSPS) is 19.8. The Labute approximate surface area is 120 Å². The monoisotopic (exact) mass is 316 g/mol. The lowest BCUT2D eigenvalue weighted by atomic mass is 10.2. The molecule has 7 nitrogen and oxygen atoms in total. The summed E-state index contributed by atoms with van der Waals surface area (Å²) < 4.78 is 32.5. The van der Waals surface area contributed by atoms with Gasteiger partial charge in [0.2, 0.25) is 10.0 Å². The third-order valence-electron chi connectivity index (χ3n) is 3.18. The van der Waals surface area contributed by atoms with Gasteiger partial charge in [-0.1, -0.05) is 11.6 Å². The molecule has 20 heavy (non-hydrogen) atoms. The van der Waals surface area contributed by atoms with Crippen LogP contribution in [0, 0.1) is 0 Å². The SMILES string of the molecule is O=S(=O)(NCC1CCCO1)c1c[nH]c2nnc(Cl)cc12. The molecule has 0 saturated carbocycles. The number of fused-ring (bicyclic) bond motifs is 1. The number of H-pyrrole nitrogens is 1. The number of hydrogen-bond acceptors (Lipinski definition) is 5. The molecule has 0 aliphatic carbocycles. The predicted octanol–water partition coefficient (Wildman–Crippen LogP) is 1.07. The second kappa shape index (κ2) is 5.28. The van der Waals surface area contributed by atoms with Crippen LogP contribution in [0.2, 0.25) is 5.15 Å². The molecule has 2 N–H and O–H groups in total. The average Bonchev–Trinajstić information content (AvgIpc) is 3.05. The number of ether oxygens (including phenoxy) is 1. The summed E-state index contributed by atoms with van der Waals surface area (Å²) in [6.45, 7) is 0.950. The first-order chi connectivity index (χ1) is 9.56. The number of rotatable bonds is 4. The molecule has 1 aliphatic heterocycles. The lowest BCUT2D eigenvalue weighted by molar-refractivity contribution is 0.114. The van der Waals surface area contributed by atoms with Gasteiger partial charge in [0.1, 0.15) is 4.90 Å². The molecular weight excluding hydrogens is 304 g/mol. The fourth-order valence-corrected chi connectivity index (χ4v) is 3.55. The summed E-state index contributed by atoms with van der Waals surface area (Å²) >= 11 is 5.76. The van der Waals surface area contributed by atoms with Gasteiger partial charge in [-0.15, -0.1) is 10.2 Å². The van der Waals surface area contributed by atoms with E-state index in [1.807, 2.05) is 0 Å². The Morgan fingerprint density at radius 3 is 3.10 bits per heavy atom. The lowest BCUT2D eigenvalue weighted by Crippen LogP contribution is -2.31. The Balaban J connectivity index is 1.86. The van der Waals surface area contributed by atoms with Crippen LogP contribution in [-0.4, -0.2) is 42.9 Å². The molecule has 1 saturated heterocycles. The van der Waals surface area contributed by atoms with Crippen LogP contribution in [0.1, 0.15) is 12.8 Å². The van der Waals surface area contributed by atoms with Gasteiger partial charge >= 0.3 is 0 Å². The minimum atomic E-state index is -3.64. The summed E-state index contributed by atoms with van der Waals surface area (Å²) in [6.07, 6.45) is 3.16. The van der Waals surface area contributed by atoms with Gasteiger partial charge in [0.05, 0.1) is 6.10 Å². The number of hydrogen-bond donors (Lipinski definition) is 2. The summed E-state index contributed by atoms with van der Waals surface area (Å²) in [7, 11) is -3.64. The first-order valence-corrected chi connectivity index (χ1v) is 8.04. The molecule has 0 radical (unpaired) electrons. The summed E-state index contributed by atoms with van der Waals surface area (Å²) in [6, 6.07) is 1.47. The van der Waals surface area contributed by atoms with Gasteiger partial charge in [-0.05, 0) is 18.9 Å². The largest absolute Gasteiger partial charge is 0.377 e. The third kappa shape index (κ3) is 2.64. The number of aromatic amines is 1. The van der Waals surface area contributed by atoms with E-state index in [1.54, 1.807) is 0 Å². The summed E-state index contributed by atoms with van der Waals surface area (Å²) in [5.41, 5.74) is 0.381. The lowest BCUT2D eigenvalue weighted by Gasteiger charge is -2.10. The van der Waals surface area contributed by atoms with Gasteiger partial charge in [0.15, 0.2) is 10.8 Å². The number of nitrogens with zero attached hydrogens (tertiary/aromatic N) is 2. The van der Waals surface area contributed by atoms with E-state index in [-0.39, 0.29) is 22.7 Å². The van der Waals surface area contributed by atoms with Crippen molar-refractivity contribution < 1.29 is 13.2 Å². The first-order valence-electron chi connectivity index (χ1n) is 6.18. The Morgan fingerprint density at radius 1 is 1.50 bits per heavy atom. The van der Waals surface area contributed by atoms with Gasteiger partial charge in [0.25, 0.3) is 0 Å². The van der Waals surface area contributed by atoms with Crippen molar-refractivity contribution in [2.24, 2.45) is 0 Å². The van der Waals surface area contributed by atoms with E-state index < -0.39 is 10.0 Å². The van der Waals surface area contributed by atoms with Crippen LogP contribution >= 0.6 is 11.6 Å². The Morgan fingerprint density at radius 2 is 2.35 bits per heavy atom. The van der Waals surface area contributed by atoms with Gasteiger partial charge in [-0.3, -0.25) is 0 Å². The average molecular weight is 317 g/mol. The van der Waals surface area contributed by atoms with Gasteiger partial charge in [-0.25, -0.2) is 13.1 Å². The maximum absolute atomic E-state index is 12.3. The smallest absolute Gasteiger partial charge is 0.242 e. The molecule has 1 unspecified atom stereocenters.